The second kappa shape index (κ2) is 6.34. The van der Waals surface area contributed by atoms with Crippen molar-refractivity contribution >= 4 is 16.8 Å². The first-order chi connectivity index (χ1) is 10.7. The number of para-hydroxylation sites is 1. The SMILES string of the molecule is CCn1cc(C(=O)N2CCCCCC2)c(=O)c2ccccc21. The summed E-state index contributed by atoms with van der Waals surface area (Å²) in [7, 11) is 0. The lowest BCUT2D eigenvalue weighted by molar-refractivity contribution is 0.0760. The van der Waals surface area contributed by atoms with Gasteiger partial charge in [0, 0.05) is 31.2 Å². The number of fused-ring (bicyclic) bond motifs is 1. The molecule has 4 heteroatoms. The van der Waals surface area contributed by atoms with Gasteiger partial charge in [0.15, 0.2) is 0 Å². The van der Waals surface area contributed by atoms with E-state index in [1.807, 2.05) is 40.7 Å². The normalized spacial score (nSPS) is 15.8. The Hall–Kier alpha value is -2.10. The van der Waals surface area contributed by atoms with Gasteiger partial charge in [-0.05, 0) is 31.9 Å². The van der Waals surface area contributed by atoms with E-state index in [0.717, 1.165) is 38.0 Å². The van der Waals surface area contributed by atoms with E-state index in [1.54, 1.807) is 6.20 Å². The molecule has 2 heterocycles. The van der Waals surface area contributed by atoms with Crippen molar-refractivity contribution in [1.29, 1.82) is 0 Å². The van der Waals surface area contributed by atoms with Gasteiger partial charge < -0.3 is 9.47 Å². The van der Waals surface area contributed by atoms with Crippen molar-refractivity contribution in [2.24, 2.45) is 0 Å². The van der Waals surface area contributed by atoms with Crippen molar-refractivity contribution in [3.8, 4) is 0 Å². The number of rotatable bonds is 2. The van der Waals surface area contributed by atoms with Crippen LogP contribution in [0.15, 0.2) is 35.3 Å². The van der Waals surface area contributed by atoms with E-state index in [-0.39, 0.29) is 11.3 Å². The van der Waals surface area contributed by atoms with Gasteiger partial charge in [0.25, 0.3) is 5.91 Å². The number of hydrogen-bond donors (Lipinski definition) is 0. The van der Waals surface area contributed by atoms with E-state index in [4.69, 9.17) is 0 Å². The van der Waals surface area contributed by atoms with Gasteiger partial charge in [-0.3, -0.25) is 9.59 Å². The molecule has 22 heavy (non-hydrogen) atoms. The average Bonchev–Trinajstić information content (AvgIpc) is 2.84. The van der Waals surface area contributed by atoms with E-state index in [1.165, 1.54) is 12.8 Å². The van der Waals surface area contributed by atoms with Crippen molar-refractivity contribution in [1.82, 2.24) is 9.47 Å². The Kier molecular flexibility index (Phi) is 4.27. The quantitative estimate of drug-likeness (QED) is 0.855. The number of pyridine rings is 1. The predicted octanol–water partition coefficient (Wildman–Crippen LogP) is 3.04. The number of likely N-dealkylation sites (tertiary alicyclic amines) is 1. The molecule has 1 saturated heterocycles. The molecule has 1 aromatic carbocycles. The highest BCUT2D eigenvalue weighted by Gasteiger charge is 2.21. The zero-order valence-electron chi connectivity index (χ0n) is 13.0. The van der Waals surface area contributed by atoms with Gasteiger partial charge in [-0.15, -0.1) is 0 Å². The summed E-state index contributed by atoms with van der Waals surface area (Å²) in [6, 6.07) is 7.51. The number of hydrogen-bond acceptors (Lipinski definition) is 2. The largest absolute Gasteiger partial charge is 0.347 e. The van der Waals surface area contributed by atoms with Gasteiger partial charge in [-0.1, -0.05) is 25.0 Å². The van der Waals surface area contributed by atoms with Crippen LogP contribution in [-0.4, -0.2) is 28.5 Å². The molecule has 0 spiro atoms. The lowest BCUT2D eigenvalue weighted by atomic mass is 10.1. The third kappa shape index (κ3) is 2.65. The smallest absolute Gasteiger partial charge is 0.259 e. The molecule has 0 atom stereocenters. The van der Waals surface area contributed by atoms with Crippen LogP contribution < -0.4 is 5.43 Å². The second-order valence-electron chi connectivity index (χ2n) is 5.88. The molecule has 0 saturated carbocycles. The highest BCUT2D eigenvalue weighted by molar-refractivity contribution is 5.97. The molecule has 1 aliphatic heterocycles. The fourth-order valence-electron chi connectivity index (χ4n) is 3.20. The van der Waals surface area contributed by atoms with Gasteiger partial charge in [-0.2, -0.15) is 0 Å². The van der Waals surface area contributed by atoms with Crippen molar-refractivity contribution < 1.29 is 4.79 Å². The molecule has 1 fully saturated rings. The second-order valence-corrected chi connectivity index (χ2v) is 5.88. The Labute approximate surface area is 130 Å². The summed E-state index contributed by atoms with van der Waals surface area (Å²) >= 11 is 0. The minimum atomic E-state index is -0.144. The maximum Gasteiger partial charge on any atom is 0.259 e. The molecule has 1 amide bonds. The van der Waals surface area contributed by atoms with Gasteiger partial charge in [-0.25, -0.2) is 0 Å². The summed E-state index contributed by atoms with van der Waals surface area (Å²) in [5.74, 6) is -0.111. The van der Waals surface area contributed by atoms with Crippen LogP contribution in [0.5, 0.6) is 0 Å². The molecule has 1 aliphatic rings. The molecule has 4 nitrogen and oxygen atoms in total. The van der Waals surface area contributed by atoms with Crippen molar-refractivity contribution in [2.75, 3.05) is 13.1 Å². The Morgan fingerprint density at radius 3 is 2.45 bits per heavy atom. The molecule has 116 valence electrons. The number of benzene rings is 1. The molecular formula is C18H22N2O2. The van der Waals surface area contributed by atoms with Gasteiger partial charge in [0.2, 0.25) is 5.43 Å². The standard InChI is InChI=1S/C18H22N2O2/c1-2-19-13-15(17(21)14-9-5-6-10-16(14)19)18(22)20-11-7-3-4-8-12-20/h5-6,9-10,13H,2-4,7-8,11-12H2,1H3. The van der Waals surface area contributed by atoms with E-state index >= 15 is 0 Å². The van der Waals surface area contributed by atoms with Crippen LogP contribution in [-0.2, 0) is 6.54 Å². The first-order valence-electron chi connectivity index (χ1n) is 8.14. The number of carbonyl (C=O) groups excluding carboxylic acids is 1. The third-order valence-corrected chi connectivity index (χ3v) is 4.45. The first-order valence-corrected chi connectivity index (χ1v) is 8.14. The van der Waals surface area contributed by atoms with Crippen molar-refractivity contribution in [2.45, 2.75) is 39.2 Å². The summed E-state index contributed by atoms with van der Waals surface area (Å²) in [6.07, 6.45) is 6.13. The van der Waals surface area contributed by atoms with Crippen LogP contribution in [0.25, 0.3) is 10.9 Å². The number of aryl methyl sites for hydroxylation is 1. The minimum Gasteiger partial charge on any atom is -0.347 e. The lowest BCUT2D eigenvalue weighted by Gasteiger charge is -2.21. The Morgan fingerprint density at radius 1 is 1.09 bits per heavy atom. The Balaban J connectivity index is 2.08. The fraction of sp³-hybridized carbons (Fsp3) is 0.444. The molecule has 0 bridgehead atoms. The van der Waals surface area contributed by atoms with Crippen LogP contribution in [0.1, 0.15) is 43.0 Å². The minimum absolute atomic E-state index is 0.111. The number of nitrogens with zero attached hydrogens (tertiary/aromatic N) is 2. The molecule has 1 aromatic heterocycles. The van der Waals surface area contributed by atoms with Crippen molar-refractivity contribution in [3.63, 3.8) is 0 Å². The Morgan fingerprint density at radius 2 is 1.77 bits per heavy atom. The highest BCUT2D eigenvalue weighted by Crippen LogP contribution is 2.15. The van der Waals surface area contributed by atoms with Gasteiger partial charge >= 0.3 is 0 Å². The van der Waals surface area contributed by atoms with E-state index in [9.17, 15) is 9.59 Å². The predicted molar refractivity (Wildman–Crippen MR) is 88.3 cm³/mol. The van der Waals surface area contributed by atoms with E-state index in [2.05, 4.69) is 0 Å². The van der Waals surface area contributed by atoms with Crippen molar-refractivity contribution in [3.05, 3.63) is 46.2 Å². The number of aromatic nitrogens is 1. The number of carbonyl (C=O) groups is 1. The summed E-state index contributed by atoms with van der Waals surface area (Å²) < 4.78 is 1.99. The molecule has 0 aliphatic carbocycles. The summed E-state index contributed by atoms with van der Waals surface area (Å²) in [4.78, 5) is 27.3. The lowest BCUT2D eigenvalue weighted by Crippen LogP contribution is -2.35. The van der Waals surface area contributed by atoms with Gasteiger partial charge in [0.05, 0.1) is 5.52 Å². The van der Waals surface area contributed by atoms with E-state index in [0.29, 0.717) is 10.9 Å². The molecular weight excluding hydrogens is 276 g/mol. The summed E-state index contributed by atoms with van der Waals surface area (Å²) in [5.41, 5.74) is 1.06. The maximum atomic E-state index is 12.8. The highest BCUT2D eigenvalue weighted by atomic mass is 16.2. The van der Waals surface area contributed by atoms with E-state index < -0.39 is 0 Å². The van der Waals surface area contributed by atoms with Crippen LogP contribution in [0, 0.1) is 0 Å². The Bertz CT molecular complexity index is 740. The molecule has 2 aromatic rings. The average molecular weight is 298 g/mol. The monoisotopic (exact) mass is 298 g/mol. The van der Waals surface area contributed by atoms with Gasteiger partial charge in [0.1, 0.15) is 5.56 Å². The van der Waals surface area contributed by atoms with Crippen LogP contribution >= 0.6 is 0 Å². The molecule has 0 radical (unpaired) electrons. The third-order valence-electron chi connectivity index (χ3n) is 4.45. The zero-order valence-corrected chi connectivity index (χ0v) is 13.0. The maximum absolute atomic E-state index is 12.8. The number of amides is 1. The molecule has 0 N–H and O–H groups in total. The zero-order chi connectivity index (χ0) is 15.5. The topological polar surface area (TPSA) is 42.3 Å². The summed E-state index contributed by atoms with van der Waals surface area (Å²) in [6.45, 7) is 4.28. The van der Waals surface area contributed by atoms with Crippen LogP contribution in [0.2, 0.25) is 0 Å². The molecule has 0 unspecified atom stereocenters. The first kappa shape index (κ1) is 14.8. The van der Waals surface area contributed by atoms with Crippen LogP contribution in [0.3, 0.4) is 0 Å². The van der Waals surface area contributed by atoms with Crippen LogP contribution in [0.4, 0.5) is 0 Å². The molecule has 3 rings (SSSR count). The fourth-order valence-corrected chi connectivity index (χ4v) is 3.20. The summed E-state index contributed by atoms with van der Waals surface area (Å²) in [5, 5.41) is 0.630.